The van der Waals surface area contributed by atoms with E-state index >= 15 is 0 Å². The van der Waals surface area contributed by atoms with Crippen molar-refractivity contribution in [2.75, 3.05) is 0 Å². The van der Waals surface area contributed by atoms with Crippen LogP contribution in [-0.2, 0) is 27.2 Å². The van der Waals surface area contributed by atoms with Crippen molar-refractivity contribution in [3.63, 3.8) is 0 Å². The van der Waals surface area contributed by atoms with Crippen LogP contribution < -0.4 is 5.11 Å². The third-order valence-electron chi connectivity index (χ3n) is 0.341. The van der Waals surface area contributed by atoms with Gasteiger partial charge in [0.15, 0.2) is 0 Å². The van der Waals surface area contributed by atoms with Crippen LogP contribution in [-0.4, -0.2) is 22.7 Å². The van der Waals surface area contributed by atoms with Gasteiger partial charge in [-0.1, -0.05) is 0 Å². The van der Waals surface area contributed by atoms with Crippen molar-refractivity contribution in [3.8, 4) is 0 Å². The van der Waals surface area contributed by atoms with Crippen LogP contribution in [0.5, 0.6) is 0 Å². The largest absolute Gasteiger partial charge is 1.00 e. The van der Waals surface area contributed by atoms with Crippen LogP contribution in [0, 0.1) is 0 Å². The molecule has 0 heterocycles. The van der Waals surface area contributed by atoms with E-state index < -0.39 is 12.1 Å². The number of carboxylic acids is 1. The maximum absolute atomic E-state index is 9.34. The number of hydrogen-bond acceptors (Lipinski definition) is 3. The fourth-order valence-corrected chi connectivity index (χ4v) is 0. The number of rotatable bonds is 1. The van der Waals surface area contributed by atoms with Crippen LogP contribution in [0.4, 0.5) is 0 Å². The van der Waals surface area contributed by atoms with Crippen molar-refractivity contribution >= 4 is 5.97 Å². The van der Waals surface area contributed by atoms with Crippen molar-refractivity contribution < 1.29 is 42.9 Å². The smallest absolute Gasteiger partial charge is 0.547 e. The van der Waals surface area contributed by atoms with Crippen LogP contribution in [0.15, 0.2) is 0 Å². The Kier molecular flexibility index (Phi) is 14.0. The van der Waals surface area contributed by atoms with Gasteiger partial charge in [0, 0.05) is 0 Å². The van der Waals surface area contributed by atoms with Gasteiger partial charge in [-0.05, 0) is 6.92 Å². The second-order valence-corrected chi connectivity index (χ2v) is 0.995. The Hall–Kier alpha value is 0.130. The quantitative estimate of drug-likeness (QED) is 0.482. The number of carboxylic acid groups (broad SMARTS) is 1. The average Bonchev–Trinajstić information content (AvgIpc) is 1.36. The van der Waals surface area contributed by atoms with Gasteiger partial charge in [-0.25, -0.2) is 0 Å². The monoisotopic (exact) mass is 214 g/mol. The number of aliphatic hydroxyl groups excluding tert-OH is 1. The predicted octanol–water partition coefficient (Wildman–Crippen LogP) is -2.71. The molecule has 0 fully saturated rings. The molecule has 0 aliphatic rings. The molecule has 4 nitrogen and oxygen atoms in total. The zero-order chi connectivity index (χ0) is 5.15. The molecular formula is C3H7AgO4. The molecule has 5 heteroatoms. The fraction of sp³-hybridized carbons (Fsp3) is 0.667. The van der Waals surface area contributed by atoms with Crippen molar-refractivity contribution in [1.29, 1.82) is 0 Å². The summed E-state index contributed by atoms with van der Waals surface area (Å²) in [4.78, 5) is 9.34. The van der Waals surface area contributed by atoms with Gasteiger partial charge in [-0.15, -0.1) is 0 Å². The Morgan fingerprint density at radius 2 is 1.88 bits per heavy atom. The molecule has 1 atom stereocenters. The summed E-state index contributed by atoms with van der Waals surface area (Å²) < 4.78 is 0. The van der Waals surface area contributed by atoms with Gasteiger partial charge in [-0.2, -0.15) is 0 Å². The van der Waals surface area contributed by atoms with Gasteiger partial charge in [0.25, 0.3) is 0 Å². The molecule has 3 N–H and O–H groups in total. The maximum atomic E-state index is 9.34. The van der Waals surface area contributed by atoms with Gasteiger partial charge >= 0.3 is 22.4 Å². The van der Waals surface area contributed by atoms with Crippen LogP contribution in [0.2, 0.25) is 0 Å². The number of aliphatic hydroxyl groups is 1. The third-order valence-corrected chi connectivity index (χ3v) is 0.341. The first kappa shape index (κ1) is 15.7. The van der Waals surface area contributed by atoms with Crippen LogP contribution in [0.25, 0.3) is 0 Å². The van der Waals surface area contributed by atoms with E-state index in [9.17, 15) is 9.90 Å². The van der Waals surface area contributed by atoms with Gasteiger partial charge in [0.1, 0.15) is 0 Å². The standard InChI is InChI=1S/C3H6O3.Ag.H2O/c1-2(4)3(5)6;;/h2,4H,1H3,(H,5,6);;1H2/q;+1;/p-1/t2-;;/m0../s1. The maximum Gasteiger partial charge on any atom is 1.00 e. The topological polar surface area (TPSA) is 91.9 Å². The molecule has 0 amide bonds. The third kappa shape index (κ3) is 9.46. The summed E-state index contributed by atoms with van der Waals surface area (Å²) >= 11 is 0. The Labute approximate surface area is 62.3 Å². The van der Waals surface area contributed by atoms with E-state index in [1.165, 1.54) is 0 Å². The molecule has 0 bridgehead atoms. The normalized spacial score (nSPS) is 10.2. The molecule has 0 saturated carbocycles. The Morgan fingerprint density at radius 3 is 1.88 bits per heavy atom. The molecule has 0 aromatic heterocycles. The van der Waals surface area contributed by atoms with E-state index in [1.54, 1.807) is 0 Å². The minimum atomic E-state index is -1.44. The second-order valence-electron chi connectivity index (χ2n) is 0.995. The number of aliphatic carboxylic acids is 1. The average molecular weight is 215 g/mol. The van der Waals surface area contributed by atoms with Gasteiger partial charge in [0.05, 0.1) is 12.1 Å². The van der Waals surface area contributed by atoms with Gasteiger partial charge in [0.2, 0.25) is 0 Å². The number of carbonyl (C=O) groups is 1. The molecule has 8 heavy (non-hydrogen) atoms. The molecule has 0 spiro atoms. The van der Waals surface area contributed by atoms with Gasteiger partial charge in [-0.3, -0.25) is 0 Å². The fourth-order valence-electron chi connectivity index (χ4n) is 0. The summed E-state index contributed by atoms with van der Waals surface area (Å²) in [5, 5.41) is 17.3. The summed E-state index contributed by atoms with van der Waals surface area (Å²) in [6.07, 6.45) is -1.34. The molecule has 0 saturated heterocycles. The second kappa shape index (κ2) is 7.13. The Balaban J connectivity index is -0.000000125. The summed E-state index contributed by atoms with van der Waals surface area (Å²) in [5.41, 5.74) is 0. The van der Waals surface area contributed by atoms with Crippen molar-refractivity contribution in [3.05, 3.63) is 0 Å². The van der Waals surface area contributed by atoms with Crippen LogP contribution >= 0.6 is 0 Å². The van der Waals surface area contributed by atoms with E-state index in [4.69, 9.17) is 5.11 Å². The van der Waals surface area contributed by atoms with E-state index in [2.05, 4.69) is 0 Å². The molecule has 0 aromatic rings. The minimum absolute atomic E-state index is 0. The first-order valence-corrected chi connectivity index (χ1v) is 1.53. The zero-order valence-electron chi connectivity index (χ0n) is 4.14. The minimum Gasteiger partial charge on any atom is -0.547 e. The first-order valence-electron chi connectivity index (χ1n) is 1.53. The predicted molar refractivity (Wildman–Crippen MR) is 20.3 cm³/mol. The molecule has 0 aliphatic carbocycles. The van der Waals surface area contributed by atoms with E-state index in [0.717, 1.165) is 6.92 Å². The van der Waals surface area contributed by atoms with Crippen molar-refractivity contribution in [1.82, 2.24) is 0 Å². The zero-order valence-corrected chi connectivity index (χ0v) is 5.62. The molecule has 54 valence electrons. The molecule has 0 aliphatic heterocycles. The van der Waals surface area contributed by atoms with Gasteiger partial charge < -0.3 is 20.5 Å². The van der Waals surface area contributed by atoms with E-state index in [1.807, 2.05) is 0 Å². The van der Waals surface area contributed by atoms with Crippen LogP contribution in [0.3, 0.4) is 0 Å². The van der Waals surface area contributed by atoms with Crippen molar-refractivity contribution in [2.24, 2.45) is 0 Å². The molecule has 0 rings (SSSR count). The number of carbonyl (C=O) groups excluding carboxylic acids is 1. The Bertz CT molecular complexity index is 62.3. The summed E-state index contributed by atoms with van der Waals surface area (Å²) in [7, 11) is 0. The summed E-state index contributed by atoms with van der Waals surface area (Å²) in [5.74, 6) is -1.44. The van der Waals surface area contributed by atoms with Crippen molar-refractivity contribution in [2.45, 2.75) is 13.0 Å². The summed E-state index contributed by atoms with van der Waals surface area (Å²) in [6.45, 7) is 1.13. The molecule has 0 unspecified atom stereocenters. The molecule has 0 radical (unpaired) electrons. The molecule has 0 aromatic carbocycles. The number of hydrogen-bond donors (Lipinski definition) is 1. The van der Waals surface area contributed by atoms with Crippen LogP contribution in [0.1, 0.15) is 6.92 Å². The summed E-state index contributed by atoms with van der Waals surface area (Å²) in [6, 6.07) is 0. The first-order chi connectivity index (χ1) is 2.64. The van der Waals surface area contributed by atoms with E-state index in [0.29, 0.717) is 0 Å². The Morgan fingerprint density at radius 1 is 1.75 bits per heavy atom. The van der Waals surface area contributed by atoms with E-state index in [-0.39, 0.29) is 27.9 Å². The SMILES string of the molecule is C[C@H](O)C(=O)[O-].O.[Ag+]. The molecular weight excluding hydrogens is 208 g/mol.